The van der Waals surface area contributed by atoms with E-state index < -0.39 is 0 Å². The van der Waals surface area contributed by atoms with Gasteiger partial charge in [0.1, 0.15) is 21.5 Å². The fourth-order valence-electron chi connectivity index (χ4n) is 3.39. The first-order valence-electron chi connectivity index (χ1n) is 10.3. The summed E-state index contributed by atoms with van der Waals surface area (Å²) < 4.78 is 7.10. The van der Waals surface area contributed by atoms with Gasteiger partial charge in [-0.2, -0.15) is 0 Å². The summed E-state index contributed by atoms with van der Waals surface area (Å²) in [5.41, 5.74) is 1.62. The molecule has 1 fully saturated rings. The molecule has 33 heavy (non-hydrogen) atoms. The summed E-state index contributed by atoms with van der Waals surface area (Å²) >= 11 is 6.65. The third kappa shape index (κ3) is 4.84. The van der Waals surface area contributed by atoms with Gasteiger partial charge in [-0.15, -0.1) is 6.58 Å². The monoisotopic (exact) mass is 478 g/mol. The molecule has 0 atom stereocenters. The van der Waals surface area contributed by atoms with E-state index in [9.17, 15) is 9.59 Å². The number of carbonyl (C=O) groups is 1. The van der Waals surface area contributed by atoms with Gasteiger partial charge in [0.15, 0.2) is 0 Å². The molecule has 4 rings (SSSR count). The van der Waals surface area contributed by atoms with Gasteiger partial charge in [0.05, 0.1) is 17.6 Å². The molecule has 0 aliphatic carbocycles. The number of thioether (sulfide) groups is 1. The highest BCUT2D eigenvalue weighted by atomic mass is 32.2. The van der Waals surface area contributed by atoms with Crippen LogP contribution in [0.2, 0.25) is 0 Å². The molecule has 0 radical (unpaired) electrons. The first kappa shape index (κ1) is 22.8. The highest BCUT2D eigenvalue weighted by Gasteiger charge is 2.32. The second-order valence-corrected chi connectivity index (χ2v) is 8.88. The number of amides is 1. The third-order valence-electron chi connectivity index (χ3n) is 5.12. The molecule has 3 aromatic rings. The lowest BCUT2D eigenvalue weighted by atomic mass is 10.1. The van der Waals surface area contributed by atoms with E-state index in [0.717, 1.165) is 11.3 Å². The Morgan fingerprint density at radius 1 is 1.21 bits per heavy atom. The lowest BCUT2D eigenvalue weighted by Crippen LogP contribution is -2.30. The number of nitrogens with one attached hydrogen (secondary N) is 1. The summed E-state index contributed by atoms with van der Waals surface area (Å²) in [6.07, 6.45) is 5.55. The van der Waals surface area contributed by atoms with Gasteiger partial charge in [0.2, 0.25) is 0 Å². The number of carbonyl (C=O) groups excluding carboxylic acids is 1. The highest BCUT2D eigenvalue weighted by Crippen LogP contribution is 2.33. The Morgan fingerprint density at radius 3 is 2.73 bits per heavy atom. The molecule has 1 aromatic carbocycles. The average molecular weight is 479 g/mol. The molecule has 1 aliphatic heterocycles. The number of aromatic nitrogens is 2. The molecule has 0 unspecified atom stereocenters. The molecule has 1 N–H and O–H groups in total. The fourth-order valence-corrected chi connectivity index (χ4v) is 4.68. The van der Waals surface area contributed by atoms with E-state index in [4.69, 9.17) is 17.0 Å². The molecular formula is C24H22N4O3S2. The third-order valence-corrected chi connectivity index (χ3v) is 6.49. The molecular weight excluding hydrogens is 456 g/mol. The number of hydrogen-bond acceptors (Lipinski definition) is 7. The summed E-state index contributed by atoms with van der Waals surface area (Å²) in [6, 6.07) is 13.0. The minimum atomic E-state index is -0.268. The van der Waals surface area contributed by atoms with Crippen LogP contribution in [0.4, 0.5) is 5.82 Å². The molecule has 168 valence electrons. The maximum Gasteiger partial charge on any atom is 0.267 e. The number of methoxy groups -OCH3 is 1. The van der Waals surface area contributed by atoms with Crippen LogP contribution in [-0.2, 0) is 11.2 Å². The second-order valence-electron chi connectivity index (χ2n) is 7.21. The van der Waals surface area contributed by atoms with Crippen molar-refractivity contribution < 1.29 is 9.53 Å². The van der Waals surface area contributed by atoms with Gasteiger partial charge in [-0.1, -0.05) is 48.3 Å². The molecule has 0 bridgehead atoms. The zero-order chi connectivity index (χ0) is 23.4. The summed E-state index contributed by atoms with van der Waals surface area (Å²) in [7, 11) is 1.62. The van der Waals surface area contributed by atoms with Crippen LogP contribution in [0.15, 0.2) is 71.0 Å². The predicted octanol–water partition coefficient (Wildman–Crippen LogP) is 3.74. The number of thiocarbonyl (C=S) groups is 1. The number of anilines is 1. The van der Waals surface area contributed by atoms with Crippen LogP contribution in [0.3, 0.4) is 0 Å². The van der Waals surface area contributed by atoms with E-state index in [0.29, 0.717) is 45.8 Å². The highest BCUT2D eigenvalue weighted by molar-refractivity contribution is 8.26. The number of fused-ring (bicyclic) bond motifs is 1. The molecule has 1 aliphatic rings. The number of hydrogen-bond donors (Lipinski definition) is 1. The maximum atomic E-state index is 13.2. The van der Waals surface area contributed by atoms with Crippen molar-refractivity contribution in [3.8, 4) is 5.75 Å². The summed E-state index contributed by atoms with van der Waals surface area (Å²) in [4.78, 5) is 32.8. The molecule has 3 heterocycles. The second kappa shape index (κ2) is 10.0. The van der Waals surface area contributed by atoms with Crippen LogP contribution < -0.4 is 15.6 Å². The molecule has 7 nitrogen and oxygen atoms in total. The van der Waals surface area contributed by atoms with Crippen molar-refractivity contribution in [2.24, 2.45) is 0 Å². The van der Waals surface area contributed by atoms with E-state index >= 15 is 0 Å². The minimum absolute atomic E-state index is 0.217. The van der Waals surface area contributed by atoms with Crippen LogP contribution in [0.5, 0.6) is 5.75 Å². The van der Waals surface area contributed by atoms with Crippen LogP contribution in [0, 0.1) is 0 Å². The Bertz CT molecular complexity index is 1320. The Hall–Kier alpha value is -3.43. The van der Waals surface area contributed by atoms with E-state index in [1.807, 2.05) is 30.3 Å². The van der Waals surface area contributed by atoms with Crippen molar-refractivity contribution in [1.82, 2.24) is 14.3 Å². The van der Waals surface area contributed by atoms with Gasteiger partial charge >= 0.3 is 0 Å². The van der Waals surface area contributed by atoms with Crippen LogP contribution in [-0.4, -0.2) is 44.7 Å². The topological polar surface area (TPSA) is 75.9 Å². The largest absolute Gasteiger partial charge is 0.497 e. The molecule has 9 heteroatoms. The van der Waals surface area contributed by atoms with Crippen molar-refractivity contribution in [3.05, 3.63) is 87.7 Å². The quantitative estimate of drug-likeness (QED) is 0.300. The molecule has 1 saturated heterocycles. The normalized spacial score (nSPS) is 14.8. The van der Waals surface area contributed by atoms with Crippen molar-refractivity contribution in [2.75, 3.05) is 25.5 Å². The summed E-state index contributed by atoms with van der Waals surface area (Å²) in [6.45, 7) is 4.58. The van der Waals surface area contributed by atoms with Gasteiger partial charge in [-0.05, 0) is 42.3 Å². The van der Waals surface area contributed by atoms with Crippen molar-refractivity contribution in [2.45, 2.75) is 6.42 Å². The number of rotatable bonds is 8. The standard InChI is InChI=1S/C24H22N4O3S2/c1-3-12-25-21-18(22(29)27-13-5-4-6-20(27)26-21)15-19-23(30)28(24(32)33-19)14-11-16-7-9-17(31-2)10-8-16/h3-10,13,15,25H,1,11-12,14H2,2H3. The zero-order valence-corrected chi connectivity index (χ0v) is 19.6. The Labute approximate surface area is 200 Å². The van der Waals surface area contributed by atoms with Gasteiger partial charge < -0.3 is 10.1 Å². The smallest absolute Gasteiger partial charge is 0.267 e. The van der Waals surface area contributed by atoms with Gasteiger partial charge in [-0.3, -0.25) is 18.9 Å². The minimum Gasteiger partial charge on any atom is -0.497 e. The lowest BCUT2D eigenvalue weighted by Gasteiger charge is -2.14. The van der Waals surface area contributed by atoms with E-state index in [-0.39, 0.29) is 11.5 Å². The van der Waals surface area contributed by atoms with Gasteiger partial charge in [0.25, 0.3) is 11.5 Å². The summed E-state index contributed by atoms with van der Waals surface area (Å²) in [5, 5.41) is 3.10. The first-order chi connectivity index (χ1) is 16.0. The molecule has 0 saturated carbocycles. The van der Waals surface area contributed by atoms with Crippen LogP contribution in [0.1, 0.15) is 11.1 Å². The van der Waals surface area contributed by atoms with Gasteiger partial charge in [-0.25, -0.2) is 4.98 Å². The van der Waals surface area contributed by atoms with Crippen LogP contribution >= 0.6 is 24.0 Å². The zero-order valence-electron chi connectivity index (χ0n) is 18.0. The molecule has 0 spiro atoms. The van der Waals surface area contributed by atoms with E-state index in [1.54, 1.807) is 42.5 Å². The fraction of sp³-hybridized carbons (Fsp3) is 0.167. The van der Waals surface area contributed by atoms with Crippen molar-refractivity contribution in [1.29, 1.82) is 0 Å². The average Bonchev–Trinajstić information content (AvgIpc) is 3.10. The predicted molar refractivity (Wildman–Crippen MR) is 137 cm³/mol. The van der Waals surface area contributed by atoms with Gasteiger partial charge in [0, 0.05) is 19.3 Å². The Kier molecular flexibility index (Phi) is 6.90. The Balaban J connectivity index is 1.61. The number of pyridine rings is 1. The van der Waals surface area contributed by atoms with Crippen molar-refractivity contribution >= 4 is 51.7 Å². The van der Waals surface area contributed by atoms with Crippen molar-refractivity contribution in [3.63, 3.8) is 0 Å². The van der Waals surface area contributed by atoms with E-state index in [2.05, 4.69) is 16.9 Å². The summed E-state index contributed by atoms with van der Waals surface area (Å²) in [5.74, 6) is 0.962. The molecule has 1 amide bonds. The lowest BCUT2D eigenvalue weighted by molar-refractivity contribution is -0.122. The Morgan fingerprint density at radius 2 is 2.00 bits per heavy atom. The number of nitrogens with zero attached hydrogens (tertiary/aromatic N) is 3. The van der Waals surface area contributed by atoms with Crippen LogP contribution in [0.25, 0.3) is 11.7 Å². The maximum absolute atomic E-state index is 13.2. The number of ether oxygens (including phenoxy) is 1. The SMILES string of the molecule is C=CCNc1nc2ccccn2c(=O)c1C=C1SC(=S)N(CCc2ccc(OC)cc2)C1=O. The number of benzene rings is 1. The van der Waals surface area contributed by atoms with E-state index in [1.165, 1.54) is 16.2 Å². The first-order valence-corrected chi connectivity index (χ1v) is 11.5. The molecule has 2 aromatic heterocycles.